The zero-order valence-corrected chi connectivity index (χ0v) is 15.1. The van der Waals surface area contributed by atoms with Gasteiger partial charge >= 0.3 is 0 Å². The average Bonchev–Trinajstić information content (AvgIpc) is 3.01. The molecule has 3 aromatic heterocycles. The normalized spacial score (nSPS) is 18.2. The van der Waals surface area contributed by atoms with E-state index in [0.717, 1.165) is 48.0 Å². The molecule has 0 spiro atoms. The van der Waals surface area contributed by atoms with Gasteiger partial charge in [0.1, 0.15) is 11.9 Å². The van der Waals surface area contributed by atoms with Gasteiger partial charge in [-0.15, -0.1) is 0 Å². The van der Waals surface area contributed by atoms with Crippen molar-refractivity contribution in [3.8, 4) is 11.3 Å². The predicted molar refractivity (Wildman–Crippen MR) is 97.4 cm³/mol. The number of aromatic nitrogens is 3. The fourth-order valence-electron chi connectivity index (χ4n) is 3.39. The fraction of sp³-hybridized carbons (Fsp3) is 0.350. The Bertz CT molecular complexity index is 859. The highest BCUT2D eigenvalue weighted by atomic mass is 16.5. The van der Waals surface area contributed by atoms with Crippen LogP contribution in [0.25, 0.3) is 11.3 Å². The number of hydrogen-bond acceptors (Lipinski definition) is 6. The van der Waals surface area contributed by atoms with Crippen LogP contribution in [-0.4, -0.2) is 39.7 Å². The van der Waals surface area contributed by atoms with Gasteiger partial charge in [0.05, 0.1) is 29.3 Å². The standard InChI is InChI=1S/C20H22N4O2/c1-14-20(15(2)26-23-14)18-5-3-4-17(22-18)19-13-24(10-11-25-19)12-16-6-8-21-9-7-16/h3-9,19H,10-13H2,1-2H3/t19-/m1/s1. The number of aryl methyl sites for hydroxylation is 2. The minimum absolute atomic E-state index is 0.0361. The lowest BCUT2D eigenvalue weighted by Crippen LogP contribution is -2.38. The van der Waals surface area contributed by atoms with Crippen molar-refractivity contribution in [1.29, 1.82) is 0 Å². The van der Waals surface area contributed by atoms with Crippen molar-refractivity contribution in [2.75, 3.05) is 19.7 Å². The van der Waals surface area contributed by atoms with Crippen LogP contribution in [0.5, 0.6) is 0 Å². The van der Waals surface area contributed by atoms with E-state index in [0.29, 0.717) is 6.61 Å². The van der Waals surface area contributed by atoms with Crippen molar-refractivity contribution < 1.29 is 9.26 Å². The first-order valence-electron chi connectivity index (χ1n) is 8.84. The van der Waals surface area contributed by atoms with Crippen LogP contribution in [0, 0.1) is 13.8 Å². The first-order chi connectivity index (χ1) is 12.7. The molecule has 0 N–H and O–H groups in total. The van der Waals surface area contributed by atoms with Crippen LogP contribution < -0.4 is 0 Å². The topological polar surface area (TPSA) is 64.3 Å². The minimum atomic E-state index is -0.0361. The Balaban J connectivity index is 1.53. The molecule has 0 radical (unpaired) electrons. The minimum Gasteiger partial charge on any atom is -0.369 e. The fourth-order valence-corrected chi connectivity index (χ4v) is 3.39. The molecule has 0 unspecified atom stereocenters. The summed E-state index contributed by atoms with van der Waals surface area (Å²) in [5, 5.41) is 4.03. The lowest BCUT2D eigenvalue weighted by Gasteiger charge is -2.32. The average molecular weight is 350 g/mol. The second-order valence-corrected chi connectivity index (χ2v) is 6.60. The SMILES string of the molecule is Cc1noc(C)c1-c1cccc([C@H]2CN(Cc3ccncc3)CCO2)n1. The number of hydrogen-bond donors (Lipinski definition) is 0. The highest BCUT2D eigenvalue weighted by Crippen LogP contribution is 2.28. The summed E-state index contributed by atoms with van der Waals surface area (Å²) in [7, 11) is 0. The quantitative estimate of drug-likeness (QED) is 0.719. The van der Waals surface area contributed by atoms with E-state index < -0.39 is 0 Å². The third-order valence-electron chi connectivity index (χ3n) is 4.70. The van der Waals surface area contributed by atoms with Crippen molar-refractivity contribution >= 4 is 0 Å². The van der Waals surface area contributed by atoms with Gasteiger partial charge in [-0.25, -0.2) is 4.98 Å². The number of morpholine rings is 1. The molecule has 6 nitrogen and oxygen atoms in total. The van der Waals surface area contributed by atoms with Gasteiger partial charge < -0.3 is 9.26 Å². The molecule has 1 saturated heterocycles. The molecule has 3 aromatic rings. The van der Waals surface area contributed by atoms with Crippen LogP contribution in [-0.2, 0) is 11.3 Å². The van der Waals surface area contributed by atoms with E-state index in [9.17, 15) is 0 Å². The summed E-state index contributed by atoms with van der Waals surface area (Å²) < 4.78 is 11.3. The summed E-state index contributed by atoms with van der Waals surface area (Å²) in [6, 6.07) is 10.2. The van der Waals surface area contributed by atoms with E-state index in [-0.39, 0.29) is 6.10 Å². The van der Waals surface area contributed by atoms with E-state index in [1.54, 1.807) is 0 Å². The van der Waals surface area contributed by atoms with Gasteiger partial charge in [-0.05, 0) is 43.7 Å². The highest BCUT2D eigenvalue weighted by molar-refractivity contribution is 5.63. The van der Waals surface area contributed by atoms with Crippen molar-refractivity contribution in [1.82, 2.24) is 20.0 Å². The monoisotopic (exact) mass is 350 g/mol. The van der Waals surface area contributed by atoms with Crippen LogP contribution in [0.3, 0.4) is 0 Å². The Morgan fingerprint density at radius 3 is 2.77 bits per heavy atom. The molecule has 1 fully saturated rings. The molecule has 0 aromatic carbocycles. The Morgan fingerprint density at radius 1 is 1.15 bits per heavy atom. The molecule has 0 bridgehead atoms. The second-order valence-electron chi connectivity index (χ2n) is 6.60. The van der Waals surface area contributed by atoms with Gasteiger partial charge in [0, 0.05) is 32.0 Å². The number of rotatable bonds is 4. The maximum absolute atomic E-state index is 6.01. The molecular weight excluding hydrogens is 328 g/mol. The molecular formula is C20H22N4O2. The Labute approximate surface area is 152 Å². The summed E-state index contributed by atoms with van der Waals surface area (Å²) in [6.45, 7) is 7.19. The summed E-state index contributed by atoms with van der Waals surface area (Å²) in [6.07, 6.45) is 3.63. The van der Waals surface area contributed by atoms with E-state index in [2.05, 4.69) is 27.2 Å². The van der Waals surface area contributed by atoms with Crippen molar-refractivity contribution in [2.45, 2.75) is 26.5 Å². The Hall–Kier alpha value is -2.57. The Kier molecular flexibility index (Phi) is 4.77. The van der Waals surface area contributed by atoms with Crippen LogP contribution in [0.4, 0.5) is 0 Å². The number of ether oxygens (including phenoxy) is 1. The van der Waals surface area contributed by atoms with Gasteiger partial charge in [-0.1, -0.05) is 11.2 Å². The molecule has 0 amide bonds. The third-order valence-corrected chi connectivity index (χ3v) is 4.70. The third kappa shape index (κ3) is 3.52. The molecule has 4 rings (SSSR count). The van der Waals surface area contributed by atoms with Crippen molar-refractivity contribution in [3.63, 3.8) is 0 Å². The zero-order chi connectivity index (χ0) is 17.9. The summed E-state index contributed by atoms with van der Waals surface area (Å²) in [5.74, 6) is 0.788. The van der Waals surface area contributed by atoms with E-state index in [1.807, 2.05) is 44.4 Å². The summed E-state index contributed by atoms with van der Waals surface area (Å²) in [4.78, 5) is 11.3. The molecule has 1 aliphatic heterocycles. The maximum atomic E-state index is 6.01. The lowest BCUT2D eigenvalue weighted by atomic mass is 10.1. The first kappa shape index (κ1) is 16.9. The van der Waals surface area contributed by atoms with E-state index in [1.165, 1.54) is 5.56 Å². The Morgan fingerprint density at radius 2 is 2.00 bits per heavy atom. The highest BCUT2D eigenvalue weighted by Gasteiger charge is 2.24. The zero-order valence-electron chi connectivity index (χ0n) is 15.1. The second kappa shape index (κ2) is 7.35. The lowest BCUT2D eigenvalue weighted by molar-refractivity contribution is -0.0349. The predicted octanol–water partition coefficient (Wildman–Crippen LogP) is 3.32. The molecule has 1 aliphatic rings. The molecule has 1 atom stereocenters. The van der Waals surface area contributed by atoms with Gasteiger partial charge in [0.2, 0.25) is 0 Å². The molecule has 4 heterocycles. The summed E-state index contributed by atoms with van der Waals surface area (Å²) in [5.41, 5.74) is 4.92. The molecule has 134 valence electrons. The first-order valence-corrected chi connectivity index (χ1v) is 8.84. The van der Waals surface area contributed by atoms with Crippen LogP contribution in [0.2, 0.25) is 0 Å². The molecule has 26 heavy (non-hydrogen) atoms. The smallest absolute Gasteiger partial charge is 0.143 e. The van der Waals surface area contributed by atoms with E-state index in [4.69, 9.17) is 14.2 Å². The van der Waals surface area contributed by atoms with Gasteiger partial charge in [-0.2, -0.15) is 0 Å². The summed E-state index contributed by atoms with van der Waals surface area (Å²) >= 11 is 0. The van der Waals surface area contributed by atoms with Crippen LogP contribution in [0.1, 0.15) is 28.8 Å². The van der Waals surface area contributed by atoms with Gasteiger partial charge in [-0.3, -0.25) is 9.88 Å². The van der Waals surface area contributed by atoms with Crippen LogP contribution >= 0.6 is 0 Å². The number of nitrogens with zero attached hydrogens (tertiary/aromatic N) is 4. The van der Waals surface area contributed by atoms with Gasteiger partial charge in [0.15, 0.2) is 0 Å². The molecule has 6 heteroatoms. The van der Waals surface area contributed by atoms with Crippen molar-refractivity contribution in [3.05, 3.63) is 65.4 Å². The van der Waals surface area contributed by atoms with Crippen molar-refractivity contribution in [2.24, 2.45) is 0 Å². The largest absolute Gasteiger partial charge is 0.369 e. The molecule has 0 aliphatic carbocycles. The molecule has 0 saturated carbocycles. The maximum Gasteiger partial charge on any atom is 0.143 e. The number of pyridine rings is 2. The van der Waals surface area contributed by atoms with Gasteiger partial charge in [0.25, 0.3) is 0 Å². The van der Waals surface area contributed by atoms with Crippen LogP contribution in [0.15, 0.2) is 47.2 Å². The van der Waals surface area contributed by atoms with E-state index >= 15 is 0 Å².